The summed E-state index contributed by atoms with van der Waals surface area (Å²) in [4.78, 5) is 10.6. The fourth-order valence-corrected chi connectivity index (χ4v) is 0.813. The van der Waals surface area contributed by atoms with Crippen molar-refractivity contribution in [1.29, 1.82) is 0 Å². The molecule has 0 spiro atoms. The molecule has 82 valence electrons. The summed E-state index contributed by atoms with van der Waals surface area (Å²) < 4.78 is 44.9. The zero-order valence-electron chi connectivity index (χ0n) is 7.67. The number of methoxy groups -OCH3 is 1. The molecule has 1 heterocycles. The van der Waals surface area contributed by atoms with Gasteiger partial charge in [-0.1, -0.05) is 0 Å². The molecule has 0 aliphatic heterocycles. The van der Waals surface area contributed by atoms with E-state index in [1.165, 1.54) is 0 Å². The van der Waals surface area contributed by atoms with Crippen molar-refractivity contribution in [2.45, 2.75) is 6.18 Å². The summed E-state index contributed by atoms with van der Waals surface area (Å²) in [5, 5.41) is 0. The van der Waals surface area contributed by atoms with Crippen LogP contribution in [0.1, 0.15) is 11.5 Å². The van der Waals surface area contributed by atoms with E-state index in [-0.39, 0.29) is 5.76 Å². The molecule has 0 aliphatic rings. The first-order chi connectivity index (χ1) is 6.93. The molecule has 0 saturated heterocycles. The molecule has 0 radical (unpaired) electrons. The van der Waals surface area contributed by atoms with Crippen LogP contribution in [-0.2, 0) is 15.7 Å². The van der Waals surface area contributed by atoms with Crippen LogP contribution in [0.5, 0.6) is 0 Å². The highest BCUT2D eigenvalue weighted by Crippen LogP contribution is 2.30. The number of hydrogen-bond acceptors (Lipinski definition) is 3. The number of carbonyl (C=O) groups is 1. The van der Waals surface area contributed by atoms with E-state index >= 15 is 0 Å². The van der Waals surface area contributed by atoms with Crippen LogP contribution < -0.4 is 0 Å². The lowest BCUT2D eigenvalue weighted by Crippen LogP contribution is -2.01. The van der Waals surface area contributed by atoms with Crippen LogP contribution in [0.2, 0.25) is 0 Å². The molecule has 0 N–H and O–H groups in total. The van der Waals surface area contributed by atoms with Gasteiger partial charge in [0.25, 0.3) is 0 Å². The fourth-order valence-electron chi connectivity index (χ4n) is 0.813. The van der Waals surface area contributed by atoms with Crippen molar-refractivity contribution < 1.29 is 27.1 Å². The van der Waals surface area contributed by atoms with Gasteiger partial charge < -0.3 is 9.15 Å². The number of furan rings is 1. The molecular weight excluding hydrogens is 213 g/mol. The molecule has 1 rings (SSSR count). The van der Waals surface area contributed by atoms with Crippen molar-refractivity contribution in [1.82, 2.24) is 0 Å². The standard InChI is InChI=1S/C9H7F3O3/c1-14-8(13)5-3-6-2-4-7(15-6)9(10,11)12/h2-5H,1H3. The first-order valence-electron chi connectivity index (χ1n) is 3.86. The van der Waals surface area contributed by atoms with Crippen molar-refractivity contribution >= 4 is 12.0 Å². The number of rotatable bonds is 2. The maximum atomic E-state index is 12.1. The van der Waals surface area contributed by atoms with E-state index < -0.39 is 17.9 Å². The van der Waals surface area contributed by atoms with Gasteiger partial charge in [0.1, 0.15) is 5.76 Å². The Hall–Kier alpha value is -1.72. The van der Waals surface area contributed by atoms with Crippen molar-refractivity contribution in [2.75, 3.05) is 7.11 Å². The highest BCUT2D eigenvalue weighted by molar-refractivity contribution is 5.86. The van der Waals surface area contributed by atoms with Crippen molar-refractivity contribution in [3.63, 3.8) is 0 Å². The van der Waals surface area contributed by atoms with Crippen LogP contribution in [0.15, 0.2) is 22.6 Å². The zero-order valence-corrected chi connectivity index (χ0v) is 7.67. The van der Waals surface area contributed by atoms with Crippen molar-refractivity contribution in [2.24, 2.45) is 0 Å². The fraction of sp³-hybridized carbons (Fsp3) is 0.222. The molecule has 0 amide bonds. The number of carbonyl (C=O) groups excluding carboxylic acids is 1. The van der Waals surface area contributed by atoms with Crippen LogP contribution in [-0.4, -0.2) is 13.1 Å². The Morgan fingerprint density at radius 2 is 2.13 bits per heavy atom. The number of esters is 1. The lowest BCUT2D eigenvalue weighted by Gasteiger charge is -1.99. The van der Waals surface area contributed by atoms with E-state index in [4.69, 9.17) is 0 Å². The highest BCUT2D eigenvalue weighted by atomic mass is 19.4. The summed E-state index contributed by atoms with van der Waals surface area (Å²) in [6, 6.07) is 1.90. The van der Waals surface area contributed by atoms with Gasteiger partial charge in [0.05, 0.1) is 7.11 Å². The van der Waals surface area contributed by atoms with Gasteiger partial charge in [-0.15, -0.1) is 0 Å². The van der Waals surface area contributed by atoms with Crippen LogP contribution in [0.3, 0.4) is 0 Å². The minimum atomic E-state index is -4.52. The third-order valence-electron chi connectivity index (χ3n) is 1.49. The smallest absolute Gasteiger partial charge is 0.449 e. The molecule has 0 aliphatic carbocycles. The molecule has 0 unspecified atom stereocenters. The Balaban J connectivity index is 2.77. The first-order valence-corrected chi connectivity index (χ1v) is 3.86. The second-order valence-electron chi connectivity index (χ2n) is 2.56. The van der Waals surface area contributed by atoms with Gasteiger partial charge in [0.15, 0.2) is 0 Å². The predicted molar refractivity (Wildman–Crippen MR) is 44.8 cm³/mol. The molecule has 0 atom stereocenters. The van der Waals surface area contributed by atoms with Crippen molar-refractivity contribution in [3.8, 4) is 0 Å². The largest absolute Gasteiger partial charge is 0.466 e. The Morgan fingerprint density at radius 1 is 1.47 bits per heavy atom. The molecule has 15 heavy (non-hydrogen) atoms. The third-order valence-corrected chi connectivity index (χ3v) is 1.49. The van der Waals surface area contributed by atoms with E-state index in [0.29, 0.717) is 0 Å². The number of alkyl halides is 3. The monoisotopic (exact) mass is 220 g/mol. The van der Waals surface area contributed by atoms with E-state index in [0.717, 1.165) is 31.4 Å². The third kappa shape index (κ3) is 3.16. The van der Waals surface area contributed by atoms with Gasteiger partial charge in [-0.3, -0.25) is 0 Å². The highest BCUT2D eigenvalue weighted by Gasteiger charge is 2.34. The molecule has 0 fully saturated rings. The Kier molecular flexibility index (Phi) is 3.18. The SMILES string of the molecule is COC(=O)C=Cc1ccc(C(F)(F)F)o1. The quantitative estimate of drug-likeness (QED) is 0.567. The zero-order chi connectivity index (χ0) is 11.5. The van der Waals surface area contributed by atoms with Crippen LogP contribution in [0.25, 0.3) is 6.08 Å². The molecule has 1 aromatic heterocycles. The van der Waals surface area contributed by atoms with Gasteiger partial charge in [-0.2, -0.15) is 13.2 Å². The topological polar surface area (TPSA) is 39.4 Å². The summed E-state index contributed by atoms with van der Waals surface area (Å²) in [5.41, 5.74) is 0. The van der Waals surface area contributed by atoms with Gasteiger partial charge in [0, 0.05) is 6.08 Å². The molecule has 3 nitrogen and oxygen atoms in total. The van der Waals surface area contributed by atoms with E-state index in [2.05, 4.69) is 9.15 Å². The summed E-state index contributed by atoms with van der Waals surface area (Å²) in [6.07, 6.45) is -2.45. The molecule has 0 bridgehead atoms. The lowest BCUT2D eigenvalue weighted by molar-refractivity contribution is -0.153. The molecular formula is C9H7F3O3. The minimum absolute atomic E-state index is 0.0623. The van der Waals surface area contributed by atoms with E-state index in [1.54, 1.807) is 0 Å². The van der Waals surface area contributed by atoms with Gasteiger partial charge in [-0.25, -0.2) is 4.79 Å². The Morgan fingerprint density at radius 3 is 2.60 bits per heavy atom. The van der Waals surface area contributed by atoms with Gasteiger partial charge >= 0.3 is 12.1 Å². The molecule has 1 aromatic rings. The lowest BCUT2D eigenvalue weighted by atomic mass is 10.4. The second kappa shape index (κ2) is 4.20. The second-order valence-corrected chi connectivity index (χ2v) is 2.56. The number of ether oxygens (including phenoxy) is 1. The van der Waals surface area contributed by atoms with Crippen LogP contribution in [0.4, 0.5) is 13.2 Å². The molecule has 6 heteroatoms. The molecule has 0 aromatic carbocycles. The van der Waals surface area contributed by atoms with Crippen molar-refractivity contribution in [3.05, 3.63) is 29.7 Å². The molecule has 0 saturated carbocycles. The maximum Gasteiger partial charge on any atom is 0.449 e. The van der Waals surface area contributed by atoms with Crippen LogP contribution in [0, 0.1) is 0 Å². The average molecular weight is 220 g/mol. The Bertz CT molecular complexity index is 376. The average Bonchev–Trinajstić information content (AvgIpc) is 2.61. The maximum absolute atomic E-state index is 12.1. The van der Waals surface area contributed by atoms with E-state index in [9.17, 15) is 18.0 Å². The summed E-state index contributed by atoms with van der Waals surface area (Å²) in [5.74, 6) is -1.83. The Labute approximate surface area is 83.1 Å². The number of halogens is 3. The minimum Gasteiger partial charge on any atom is -0.466 e. The van der Waals surface area contributed by atoms with Crippen LogP contribution >= 0.6 is 0 Å². The first kappa shape index (κ1) is 11.4. The van der Waals surface area contributed by atoms with Gasteiger partial charge in [-0.05, 0) is 18.2 Å². The normalized spacial score (nSPS) is 12.0. The summed E-state index contributed by atoms with van der Waals surface area (Å²) in [7, 11) is 1.16. The summed E-state index contributed by atoms with van der Waals surface area (Å²) in [6.45, 7) is 0. The van der Waals surface area contributed by atoms with E-state index in [1.807, 2.05) is 0 Å². The number of hydrogen-bond donors (Lipinski definition) is 0. The predicted octanol–water partition coefficient (Wildman–Crippen LogP) is 2.48. The summed E-state index contributed by atoms with van der Waals surface area (Å²) >= 11 is 0. The van der Waals surface area contributed by atoms with Gasteiger partial charge in [0.2, 0.25) is 5.76 Å².